The highest BCUT2D eigenvalue weighted by molar-refractivity contribution is 7.12. The Labute approximate surface area is 102 Å². The highest BCUT2D eigenvalue weighted by Gasteiger charge is 2.20. The van der Waals surface area contributed by atoms with Gasteiger partial charge in [0.15, 0.2) is 0 Å². The molecule has 76 valence electrons. The number of thiophene rings is 2. The Morgan fingerprint density at radius 3 is 2.62 bits per heavy atom. The lowest BCUT2D eigenvalue weighted by Crippen LogP contribution is -1.80. The predicted octanol–water partition coefficient (Wildman–Crippen LogP) is 4.77. The van der Waals surface area contributed by atoms with Crippen molar-refractivity contribution in [1.82, 2.24) is 0 Å². The summed E-state index contributed by atoms with van der Waals surface area (Å²) < 4.78 is 0. The monoisotopic (exact) mass is 240 g/mol. The Morgan fingerprint density at radius 1 is 0.750 bits per heavy atom. The lowest BCUT2D eigenvalue weighted by Gasteiger charge is -2.01. The molecule has 2 heterocycles. The zero-order valence-corrected chi connectivity index (χ0v) is 10.1. The van der Waals surface area contributed by atoms with Crippen LogP contribution in [0.1, 0.15) is 20.9 Å². The molecule has 0 aromatic carbocycles. The number of hydrogen-bond acceptors (Lipinski definition) is 2. The molecule has 0 radical (unpaired) electrons. The minimum atomic E-state index is 1.37. The summed E-state index contributed by atoms with van der Waals surface area (Å²) in [6.07, 6.45) is 8.93. The van der Waals surface area contributed by atoms with Crippen molar-refractivity contribution >= 4 is 46.0 Å². The number of fused-ring (bicyclic) bond motifs is 2. The van der Waals surface area contributed by atoms with Gasteiger partial charge in [0.25, 0.3) is 0 Å². The number of rotatable bonds is 0. The van der Waals surface area contributed by atoms with Gasteiger partial charge in [-0.25, -0.2) is 0 Å². The molecule has 0 atom stereocenters. The molecule has 0 nitrogen and oxygen atoms in total. The lowest BCUT2D eigenvalue weighted by atomic mass is 10.0. The Bertz CT molecular complexity index is 604. The molecule has 2 aromatic heterocycles. The van der Waals surface area contributed by atoms with Crippen LogP contribution in [0.4, 0.5) is 0 Å². The summed E-state index contributed by atoms with van der Waals surface area (Å²) in [6.45, 7) is 0. The van der Waals surface area contributed by atoms with Crippen LogP contribution < -0.4 is 0 Å². The van der Waals surface area contributed by atoms with E-state index in [2.05, 4.69) is 47.2 Å². The lowest BCUT2D eigenvalue weighted by molar-refractivity contribution is 1.79. The third-order valence-electron chi connectivity index (χ3n) is 3.05. The maximum atomic E-state index is 2.25. The first-order valence-corrected chi connectivity index (χ1v) is 6.95. The fourth-order valence-electron chi connectivity index (χ4n) is 2.29. The van der Waals surface area contributed by atoms with Crippen molar-refractivity contribution in [2.24, 2.45) is 0 Å². The Hall–Kier alpha value is -1.38. The SMILES string of the molecule is C1=Cc2sccc2/C1=C1\C=Cc2ccsc21. The average Bonchev–Trinajstić information content (AvgIpc) is 2.97. The van der Waals surface area contributed by atoms with Crippen LogP contribution in [0, 0.1) is 0 Å². The van der Waals surface area contributed by atoms with E-state index in [9.17, 15) is 0 Å². The summed E-state index contributed by atoms with van der Waals surface area (Å²) in [5.41, 5.74) is 5.53. The van der Waals surface area contributed by atoms with Crippen LogP contribution in [-0.4, -0.2) is 0 Å². The molecule has 2 heteroatoms. The molecule has 4 rings (SSSR count). The van der Waals surface area contributed by atoms with Gasteiger partial charge in [-0.1, -0.05) is 18.2 Å². The van der Waals surface area contributed by atoms with Gasteiger partial charge in [-0.05, 0) is 40.1 Å². The van der Waals surface area contributed by atoms with E-state index in [4.69, 9.17) is 0 Å². The molecule has 0 N–H and O–H groups in total. The largest absolute Gasteiger partial charge is 0.144 e. The van der Waals surface area contributed by atoms with Gasteiger partial charge < -0.3 is 0 Å². The van der Waals surface area contributed by atoms with Crippen LogP contribution in [0.3, 0.4) is 0 Å². The van der Waals surface area contributed by atoms with Crippen molar-refractivity contribution in [2.45, 2.75) is 0 Å². The number of allylic oxidation sites excluding steroid dienone is 4. The van der Waals surface area contributed by atoms with Crippen LogP contribution in [0.25, 0.3) is 23.3 Å². The molecule has 2 aliphatic carbocycles. The molecule has 0 unspecified atom stereocenters. The minimum absolute atomic E-state index is 1.37. The standard InChI is InChI=1S/C14H8S2/c1-2-12(14-9(1)5-7-16-14)10-3-4-13-11(10)6-8-15-13/h1-8H/b12-10+. The van der Waals surface area contributed by atoms with E-state index in [1.54, 1.807) is 0 Å². The van der Waals surface area contributed by atoms with E-state index < -0.39 is 0 Å². The Kier molecular flexibility index (Phi) is 1.67. The molecular formula is C14H8S2. The van der Waals surface area contributed by atoms with Gasteiger partial charge in [0, 0.05) is 20.9 Å². The van der Waals surface area contributed by atoms with Gasteiger partial charge in [0.05, 0.1) is 0 Å². The highest BCUT2D eigenvalue weighted by Crippen LogP contribution is 2.43. The van der Waals surface area contributed by atoms with Crippen molar-refractivity contribution in [3.8, 4) is 0 Å². The molecule has 2 aliphatic rings. The fraction of sp³-hybridized carbons (Fsp3) is 0. The fourth-order valence-corrected chi connectivity index (χ4v) is 4.02. The summed E-state index contributed by atoms with van der Waals surface area (Å²) in [4.78, 5) is 2.81. The quantitative estimate of drug-likeness (QED) is 0.622. The Balaban J connectivity index is 2.02. The normalized spacial score (nSPS) is 20.5. The van der Waals surface area contributed by atoms with Gasteiger partial charge in [0.1, 0.15) is 0 Å². The van der Waals surface area contributed by atoms with Gasteiger partial charge in [-0.3, -0.25) is 0 Å². The van der Waals surface area contributed by atoms with Crippen molar-refractivity contribution in [2.75, 3.05) is 0 Å². The summed E-state index contributed by atoms with van der Waals surface area (Å²) in [5, 5.41) is 4.34. The second-order valence-corrected chi connectivity index (χ2v) is 5.76. The summed E-state index contributed by atoms with van der Waals surface area (Å²) >= 11 is 3.65. The van der Waals surface area contributed by atoms with Crippen LogP contribution in [0.5, 0.6) is 0 Å². The zero-order chi connectivity index (χ0) is 10.5. The molecule has 0 saturated carbocycles. The van der Waals surface area contributed by atoms with E-state index in [-0.39, 0.29) is 0 Å². The highest BCUT2D eigenvalue weighted by atomic mass is 32.1. The van der Waals surface area contributed by atoms with Crippen LogP contribution in [0.2, 0.25) is 0 Å². The van der Waals surface area contributed by atoms with Gasteiger partial charge in [0.2, 0.25) is 0 Å². The van der Waals surface area contributed by atoms with E-state index in [1.807, 2.05) is 22.7 Å². The van der Waals surface area contributed by atoms with Crippen LogP contribution >= 0.6 is 22.7 Å². The van der Waals surface area contributed by atoms with Crippen LogP contribution in [0.15, 0.2) is 35.0 Å². The molecule has 16 heavy (non-hydrogen) atoms. The molecular weight excluding hydrogens is 232 g/mol. The van der Waals surface area contributed by atoms with Crippen LogP contribution in [-0.2, 0) is 0 Å². The second-order valence-electron chi connectivity index (χ2n) is 3.90. The molecule has 0 fully saturated rings. The molecule has 2 aromatic rings. The molecule has 0 bridgehead atoms. The van der Waals surface area contributed by atoms with Crippen molar-refractivity contribution in [1.29, 1.82) is 0 Å². The molecule has 0 saturated heterocycles. The first-order chi connectivity index (χ1) is 7.93. The predicted molar refractivity (Wildman–Crippen MR) is 73.5 cm³/mol. The molecule has 0 spiro atoms. The van der Waals surface area contributed by atoms with Crippen molar-refractivity contribution < 1.29 is 0 Å². The first-order valence-electron chi connectivity index (χ1n) is 5.20. The smallest absolute Gasteiger partial charge is 0.0421 e. The average molecular weight is 240 g/mol. The third-order valence-corrected chi connectivity index (χ3v) is 4.89. The van der Waals surface area contributed by atoms with Gasteiger partial charge in [-0.15, -0.1) is 22.7 Å². The molecule has 0 amide bonds. The third kappa shape index (κ3) is 1.03. The van der Waals surface area contributed by atoms with Gasteiger partial charge >= 0.3 is 0 Å². The molecule has 0 aliphatic heterocycles. The Morgan fingerprint density at radius 2 is 1.62 bits per heavy atom. The van der Waals surface area contributed by atoms with Gasteiger partial charge in [-0.2, -0.15) is 0 Å². The maximum absolute atomic E-state index is 2.25. The van der Waals surface area contributed by atoms with E-state index in [0.29, 0.717) is 0 Å². The summed E-state index contributed by atoms with van der Waals surface area (Å²) in [7, 11) is 0. The maximum Gasteiger partial charge on any atom is 0.0421 e. The minimum Gasteiger partial charge on any atom is -0.144 e. The summed E-state index contributed by atoms with van der Waals surface area (Å²) in [6, 6.07) is 4.42. The topological polar surface area (TPSA) is 0 Å². The van der Waals surface area contributed by atoms with E-state index in [0.717, 1.165) is 0 Å². The van der Waals surface area contributed by atoms with E-state index >= 15 is 0 Å². The zero-order valence-electron chi connectivity index (χ0n) is 8.44. The van der Waals surface area contributed by atoms with E-state index in [1.165, 1.54) is 32.0 Å². The van der Waals surface area contributed by atoms with Crippen molar-refractivity contribution in [3.63, 3.8) is 0 Å². The summed E-state index contributed by atoms with van der Waals surface area (Å²) in [5.74, 6) is 0. The first kappa shape index (κ1) is 8.74. The number of hydrogen-bond donors (Lipinski definition) is 0. The second kappa shape index (κ2) is 3.06. The van der Waals surface area contributed by atoms with Crippen molar-refractivity contribution in [3.05, 3.63) is 55.9 Å².